The molecule has 142 valence electrons. The van der Waals surface area contributed by atoms with Gasteiger partial charge in [0.2, 0.25) is 5.91 Å². The van der Waals surface area contributed by atoms with Gasteiger partial charge in [-0.3, -0.25) is 14.4 Å². The smallest absolute Gasteiger partial charge is 0.327 e. The Morgan fingerprint density at radius 2 is 1.33 bits per heavy atom. The third-order valence-corrected chi connectivity index (χ3v) is 2.64. The van der Waals surface area contributed by atoms with E-state index in [4.69, 9.17) is 31.9 Å². The first-order chi connectivity index (χ1) is 10.9. The summed E-state index contributed by atoms with van der Waals surface area (Å²) in [6.45, 7) is 0.759. The lowest BCUT2D eigenvalue weighted by Crippen LogP contribution is -2.40. The highest BCUT2D eigenvalue weighted by molar-refractivity contribution is 7.80. The standard InChI is InChI=1S/C5H9NO3S.C3H7NO3.C3H7NO2S/c1-3(7)6-4(2-10)5(8)9;4-2(1-5)3(6)7;4-2(1-7)3(5)6/h4,10H,2H2,1H3,(H,6,7)(H,8,9);2,5H,1,4H2,(H,6,7);2,7H,1,4H2,(H,5,6)/t;2*2-/m.10/s1. The second-order valence-corrected chi connectivity index (χ2v) is 4.76. The molecule has 9 N–H and O–H groups in total. The van der Waals surface area contributed by atoms with Gasteiger partial charge in [0.15, 0.2) is 0 Å². The van der Waals surface area contributed by atoms with Crippen LogP contribution in [0, 0.1) is 0 Å². The van der Waals surface area contributed by atoms with E-state index in [1.54, 1.807) is 0 Å². The second kappa shape index (κ2) is 16.3. The molecule has 0 saturated carbocycles. The summed E-state index contributed by atoms with van der Waals surface area (Å²) in [4.78, 5) is 39.9. The Labute approximate surface area is 149 Å². The van der Waals surface area contributed by atoms with Crippen molar-refractivity contribution in [2.24, 2.45) is 11.5 Å². The van der Waals surface area contributed by atoms with Gasteiger partial charge in [0.05, 0.1) is 6.61 Å². The quantitative estimate of drug-likeness (QED) is 0.204. The Hall–Kier alpha value is -1.54. The average Bonchev–Trinajstić information content (AvgIpc) is 2.51. The lowest BCUT2D eigenvalue weighted by molar-refractivity contribution is -0.141. The second-order valence-electron chi connectivity index (χ2n) is 4.03. The number of nitrogens with one attached hydrogen (secondary N) is 1. The molecule has 0 heterocycles. The van der Waals surface area contributed by atoms with Crippen molar-refractivity contribution in [2.45, 2.75) is 25.0 Å². The zero-order chi connectivity index (χ0) is 19.9. The van der Waals surface area contributed by atoms with E-state index in [1.165, 1.54) is 6.92 Å². The van der Waals surface area contributed by atoms with Crippen molar-refractivity contribution in [2.75, 3.05) is 18.1 Å². The van der Waals surface area contributed by atoms with Crippen molar-refractivity contribution in [3.63, 3.8) is 0 Å². The summed E-state index contributed by atoms with van der Waals surface area (Å²) < 4.78 is 0. The number of carboxylic acids is 3. The Balaban J connectivity index is -0.000000283. The zero-order valence-corrected chi connectivity index (χ0v) is 14.6. The highest BCUT2D eigenvalue weighted by Crippen LogP contribution is 1.87. The number of aliphatic hydroxyl groups excluding tert-OH is 1. The number of rotatable bonds is 7. The minimum atomic E-state index is -1.18. The minimum absolute atomic E-state index is 0.106. The first kappa shape index (κ1) is 27.3. The molecular formula is C11H23N3O8S2. The fourth-order valence-corrected chi connectivity index (χ4v) is 0.991. The van der Waals surface area contributed by atoms with E-state index in [-0.39, 0.29) is 17.4 Å². The van der Waals surface area contributed by atoms with Crippen molar-refractivity contribution < 1.29 is 39.6 Å². The maximum atomic E-state index is 10.3. The Morgan fingerprint density at radius 3 is 1.38 bits per heavy atom. The fourth-order valence-electron chi connectivity index (χ4n) is 0.587. The van der Waals surface area contributed by atoms with Crippen molar-refractivity contribution in [1.29, 1.82) is 0 Å². The molecule has 0 aliphatic rings. The summed E-state index contributed by atoms with van der Waals surface area (Å²) in [5.74, 6) is -3.31. The molecule has 24 heavy (non-hydrogen) atoms. The summed E-state index contributed by atoms with van der Waals surface area (Å²) in [7, 11) is 0. The van der Waals surface area contributed by atoms with Gasteiger partial charge in [0.25, 0.3) is 0 Å². The molecule has 0 rings (SSSR count). The number of nitrogens with two attached hydrogens (primary N) is 2. The summed E-state index contributed by atoms with van der Waals surface area (Å²) in [5, 5.41) is 34.5. The van der Waals surface area contributed by atoms with E-state index in [9.17, 15) is 19.2 Å². The van der Waals surface area contributed by atoms with Crippen LogP contribution in [0.25, 0.3) is 0 Å². The number of aliphatic hydroxyl groups is 1. The van der Waals surface area contributed by atoms with Gasteiger partial charge >= 0.3 is 17.9 Å². The molecule has 0 fully saturated rings. The van der Waals surface area contributed by atoms with Crippen LogP contribution in [-0.2, 0) is 19.2 Å². The molecule has 1 amide bonds. The van der Waals surface area contributed by atoms with Gasteiger partial charge < -0.3 is 37.2 Å². The third-order valence-electron chi connectivity index (χ3n) is 1.89. The molecule has 0 spiro atoms. The van der Waals surface area contributed by atoms with Crippen molar-refractivity contribution in [1.82, 2.24) is 5.32 Å². The van der Waals surface area contributed by atoms with Crippen LogP contribution in [-0.4, -0.2) is 80.5 Å². The largest absolute Gasteiger partial charge is 0.480 e. The van der Waals surface area contributed by atoms with Crippen LogP contribution in [0.15, 0.2) is 0 Å². The van der Waals surface area contributed by atoms with Gasteiger partial charge in [0.1, 0.15) is 18.1 Å². The van der Waals surface area contributed by atoms with E-state index < -0.39 is 42.6 Å². The van der Waals surface area contributed by atoms with Crippen molar-refractivity contribution in [3.8, 4) is 0 Å². The summed E-state index contributed by atoms with van der Waals surface area (Å²) in [6.07, 6.45) is 0. The number of carbonyl (C=O) groups is 4. The topological polar surface area (TPSA) is 213 Å². The summed E-state index contributed by atoms with van der Waals surface area (Å²) >= 11 is 7.38. The average molecular weight is 389 g/mol. The molecular weight excluding hydrogens is 366 g/mol. The third kappa shape index (κ3) is 18.5. The number of carboxylic acid groups (broad SMARTS) is 3. The maximum Gasteiger partial charge on any atom is 0.327 e. The molecule has 0 aliphatic carbocycles. The number of hydrogen-bond acceptors (Lipinski definition) is 9. The van der Waals surface area contributed by atoms with Crippen LogP contribution >= 0.6 is 25.3 Å². The molecule has 0 radical (unpaired) electrons. The van der Waals surface area contributed by atoms with Gasteiger partial charge in [0, 0.05) is 18.4 Å². The van der Waals surface area contributed by atoms with Gasteiger partial charge in [-0.05, 0) is 0 Å². The first-order valence-corrected chi connectivity index (χ1v) is 7.50. The van der Waals surface area contributed by atoms with Crippen LogP contribution in [0.3, 0.4) is 0 Å². The lowest BCUT2D eigenvalue weighted by Gasteiger charge is -2.08. The molecule has 0 aromatic heterocycles. The van der Waals surface area contributed by atoms with Gasteiger partial charge in [-0.25, -0.2) is 4.79 Å². The number of hydrogen-bond donors (Lipinski definition) is 9. The first-order valence-electron chi connectivity index (χ1n) is 6.23. The summed E-state index contributed by atoms with van der Waals surface area (Å²) in [6, 6.07) is -2.82. The predicted molar refractivity (Wildman–Crippen MR) is 91.3 cm³/mol. The molecule has 0 aromatic rings. The number of thiol groups is 2. The van der Waals surface area contributed by atoms with Crippen LogP contribution in [0.5, 0.6) is 0 Å². The van der Waals surface area contributed by atoms with Crippen molar-refractivity contribution in [3.05, 3.63) is 0 Å². The lowest BCUT2D eigenvalue weighted by atomic mass is 10.3. The summed E-state index contributed by atoms with van der Waals surface area (Å²) in [5.41, 5.74) is 9.71. The number of carbonyl (C=O) groups excluding carboxylic acids is 1. The number of amides is 1. The molecule has 13 heteroatoms. The van der Waals surface area contributed by atoms with E-state index >= 15 is 0 Å². The molecule has 3 atom stereocenters. The SMILES string of the molecule is CC(=O)NC(CS)C(=O)O.N[C@@H](CS)C(=O)O.N[C@H](CO)C(=O)O. The van der Waals surface area contributed by atoms with E-state index in [2.05, 4.69) is 30.6 Å². The fraction of sp³-hybridized carbons (Fsp3) is 0.636. The molecule has 0 bridgehead atoms. The molecule has 0 aliphatic heterocycles. The molecule has 0 aromatic carbocycles. The zero-order valence-electron chi connectivity index (χ0n) is 12.8. The molecule has 0 saturated heterocycles. The Bertz CT molecular complexity index is 391. The van der Waals surface area contributed by atoms with Gasteiger partial charge in [-0.2, -0.15) is 25.3 Å². The molecule has 11 nitrogen and oxygen atoms in total. The van der Waals surface area contributed by atoms with Crippen molar-refractivity contribution >= 4 is 49.1 Å². The number of aliphatic carboxylic acids is 3. The van der Waals surface area contributed by atoms with E-state index in [1.807, 2.05) is 0 Å². The molecule has 1 unspecified atom stereocenters. The van der Waals surface area contributed by atoms with Crippen LogP contribution in [0.4, 0.5) is 0 Å². The van der Waals surface area contributed by atoms with Gasteiger partial charge in [-0.15, -0.1) is 0 Å². The monoisotopic (exact) mass is 389 g/mol. The van der Waals surface area contributed by atoms with Gasteiger partial charge in [-0.1, -0.05) is 0 Å². The van der Waals surface area contributed by atoms with Crippen LogP contribution in [0.1, 0.15) is 6.92 Å². The van der Waals surface area contributed by atoms with Crippen LogP contribution < -0.4 is 16.8 Å². The normalized spacial score (nSPS) is 12.9. The maximum absolute atomic E-state index is 10.3. The Morgan fingerprint density at radius 1 is 0.917 bits per heavy atom. The Kier molecular flexibility index (Phi) is 18.6. The highest BCUT2D eigenvalue weighted by Gasteiger charge is 2.15. The van der Waals surface area contributed by atoms with Crippen LogP contribution in [0.2, 0.25) is 0 Å². The van der Waals surface area contributed by atoms with E-state index in [0.717, 1.165) is 0 Å². The highest BCUT2D eigenvalue weighted by atomic mass is 32.1. The minimum Gasteiger partial charge on any atom is -0.480 e. The van der Waals surface area contributed by atoms with E-state index in [0.29, 0.717) is 0 Å². The predicted octanol–water partition coefficient (Wildman–Crippen LogP) is -2.78.